The van der Waals surface area contributed by atoms with Crippen LogP contribution in [0, 0.1) is 11.8 Å². The fraction of sp³-hybridized carbons (Fsp3) is 1.00. The molecule has 2 nitrogen and oxygen atoms in total. The van der Waals surface area contributed by atoms with E-state index in [0.717, 1.165) is 25.9 Å². The maximum absolute atomic E-state index is 9.82. The van der Waals surface area contributed by atoms with Crippen LogP contribution in [-0.4, -0.2) is 36.2 Å². The highest BCUT2D eigenvalue weighted by Gasteiger charge is 2.25. The maximum atomic E-state index is 9.82. The molecule has 0 saturated carbocycles. The standard InChI is InChI=1S/C10H21NO/c1-8(2)10(12)9-4-6-11(3)7-5-9/h8-10,12H,4-7H2,1-3H3. The predicted octanol–water partition coefficient (Wildman–Crippen LogP) is 1.35. The van der Waals surface area contributed by atoms with E-state index < -0.39 is 0 Å². The minimum atomic E-state index is -0.0845. The van der Waals surface area contributed by atoms with Crippen molar-refractivity contribution in [1.82, 2.24) is 4.90 Å². The van der Waals surface area contributed by atoms with Crippen molar-refractivity contribution in [3.05, 3.63) is 0 Å². The van der Waals surface area contributed by atoms with Crippen LogP contribution in [0.3, 0.4) is 0 Å². The maximum Gasteiger partial charge on any atom is 0.0592 e. The van der Waals surface area contributed by atoms with Crippen molar-refractivity contribution in [3.8, 4) is 0 Å². The van der Waals surface area contributed by atoms with Gasteiger partial charge in [0.2, 0.25) is 0 Å². The lowest BCUT2D eigenvalue weighted by atomic mass is 9.86. The van der Waals surface area contributed by atoms with Gasteiger partial charge in [-0.1, -0.05) is 13.8 Å². The van der Waals surface area contributed by atoms with Gasteiger partial charge in [0.25, 0.3) is 0 Å². The summed E-state index contributed by atoms with van der Waals surface area (Å²) < 4.78 is 0. The van der Waals surface area contributed by atoms with E-state index >= 15 is 0 Å². The van der Waals surface area contributed by atoms with Crippen LogP contribution in [0.15, 0.2) is 0 Å². The molecule has 0 radical (unpaired) electrons. The van der Waals surface area contributed by atoms with Gasteiger partial charge >= 0.3 is 0 Å². The number of nitrogens with zero attached hydrogens (tertiary/aromatic N) is 1. The van der Waals surface area contributed by atoms with Crippen LogP contribution in [0.1, 0.15) is 26.7 Å². The van der Waals surface area contributed by atoms with Gasteiger partial charge < -0.3 is 10.0 Å². The summed E-state index contributed by atoms with van der Waals surface area (Å²) in [7, 11) is 2.15. The third-order valence-electron chi connectivity index (χ3n) is 2.93. The van der Waals surface area contributed by atoms with Crippen molar-refractivity contribution in [1.29, 1.82) is 0 Å². The van der Waals surface area contributed by atoms with Crippen LogP contribution in [0.4, 0.5) is 0 Å². The summed E-state index contributed by atoms with van der Waals surface area (Å²) in [6.07, 6.45) is 2.24. The molecule has 0 amide bonds. The van der Waals surface area contributed by atoms with Gasteiger partial charge in [-0.2, -0.15) is 0 Å². The Labute approximate surface area is 75.6 Å². The Kier molecular flexibility index (Phi) is 3.53. The zero-order valence-electron chi connectivity index (χ0n) is 8.45. The number of aliphatic hydroxyl groups is 1. The molecule has 1 aliphatic heterocycles. The first-order chi connectivity index (χ1) is 5.61. The minimum absolute atomic E-state index is 0.0845. The second-order valence-corrected chi connectivity index (χ2v) is 4.38. The largest absolute Gasteiger partial charge is 0.393 e. The first-order valence-electron chi connectivity index (χ1n) is 4.98. The van der Waals surface area contributed by atoms with Gasteiger partial charge in [0, 0.05) is 0 Å². The van der Waals surface area contributed by atoms with Gasteiger partial charge in [0.05, 0.1) is 6.10 Å². The highest BCUT2D eigenvalue weighted by molar-refractivity contribution is 4.77. The Hall–Kier alpha value is -0.0800. The van der Waals surface area contributed by atoms with Crippen molar-refractivity contribution in [2.24, 2.45) is 11.8 Å². The molecule has 1 unspecified atom stereocenters. The molecule has 0 spiro atoms. The van der Waals surface area contributed by atoms with E-state index in [0.29, 0.717) is 11.8 Å². The Morgan fingerprint density at radius 3 is 2.17 bits per heavy atom. The number of hydrogen-bond donors (Lipinski definition) is 1. The summed E-state index contributed by atoms with van der Waals surface area (Å²) >= 11 is 0. The third-order valence-corrected chi connectivity index (χ3v) is 2.93. The third kappa shape index (κ3) is 2.46. The Morgan fingerprint density at radius 1 is 1.25 bits per heavy atom. The zero-order chi connectivity index (χ0) is 9.14. The molecule has 0 aromatic rings. The average Bonchev–Trinajstić information content (AvgIpc) is 2.04. The van der Waals surface area contributed by atoms with E-state index in [-0.39, 0.29) is 6.10 Å². The number of piperidine rings is 1. The van der Waals surface area contributed by atoms with Crippen LogP contribution in [0.5, 0.6) is 0 Å². The fourth-order valence-corrected chi connectivity index (χ4v) is 1.91. The van der Waals surface area contributed by atoms with Crippen LogP contribution in [0.25, 0.3) is 0 Å². The fourth-order valence-electron chi connectivity index (χ4n) is 1.91. The smallest absolute Gasteiger partial charge is 0.0592 e. The molecule has 1 saturated heterocycles. The van der Waals surface area contributed by atoms with E-state index in [4.69, 9.17) is 0 Å². The molecule has 0 aliphatic carbocycles. The monoisotopic (exact) mass is 171 g/mol. The quantitative estimate of drug-likeness (QED) is 0.678. The van der Waals surface area contributed by atoms with Crippen LogP contribution in [-0.2, 0) is 0 Å². The predicted molar refractivity (Wildman–Crippen MR) is 51.1 cm³/mol. The molecule has 0 aromatic carbocycles. The van der Waals surface area contributed by atoms with Crippen molar-refractivity contribution in [2.75, 3.05) is 20.1 Å². The molecule has 1 N–H and O–H groups in total. The van der Waals surface area contributed by atoms with Crippen molar-refractivity contribution < 1.29 is 5.11 Å². The summed E-state index contributed by atoms with van der Waals surface area (Å²) in [5, 5.41) is 9.82. The summed E-state index contributed by atoms with van der Waals surface area (Å²) in [6, 6.07) is 0. The molecule has 0 bridgehead atoms. The Balaban J connectivity index is 2.34. The van der Waals surface area contributed by atoms with E-state index in [1.54, 1.807) is 0 Å². The second kappa shape index (κ2) is 4.24. The van der Waals surface area contributed by atoms with E-state index in [1.807, 2.05) is 0 Å². The summed E-state index contributed by atoms with van der Waals surface area (Å²) in [5.74, 6) is 0.958. The van der Waals surface area contributed by atoms with Crippen LogP contribution in [0.2, 0.25) is 0 Å². The molecule has 1 rings (SSSR count). The first kappa shape index (κ1) is 10.0. The molecule has 0 aromatic heterocycles. The van der Waals surface area contributed by atoms with Gasteiger partial charge in [-0.3, -0.25) is 0 Å². The van der Waals surface area contributed by atoms with Crippen molar-refractivity contribution in [3.63, 3.8) is 0 Å². The molecule has 1 atom stereocenters. The van der Waals surface area contributed by atoms with Crippen molar-refractivity contribution >= 4 is 0 Å². The number of hydrogen-bond acceptors (Lipinski definition) is 2. The van der Waals surface area contributed by atoms with E-state index in [2.05, 4.69) is 25.8 Å². The average molecular weight is 171 g/mol. The van der Waals surface area contributed by atoms with E-state index in [9.17, 15) is 5.11 Å². The highest BCUT2D eigenvalue weighted by atomic mass is 16.3. The number of rotatable bonds is 2. The van der Waals surface area contributed by atoms with Crippen molar-refractivity contribution in [2.45, 2.75) is 32.8 Å². The van der Waals surface area contributed by atoms with Gasteiger partial charge in [-0.15, -0.1) is 0 Å². The lowest BCUT2D eigenvalue weighted by molar-refractivity contribution is 0.0330. The van der Waals surface area contributed by atoms with Gasteiger partial charge in [0.1, 0.15) is 0 Å². The Morgan fingerprint density at radius 2 is 1.75 bits per heavy atom. The molecule has 1 heterocycles. The van der Waals surface area contributed by atoms with Crippen LogP contribution < -0.4 is 0 Å². The summed E-state index contributed by atoms with van der Waals surface area (Å²) in [4.78, 5) is 2.34. The second-order valence-electron chi connectivity index (χ2n) is 4.38. The lowest BCUT2D eigenvalue weighted by Gasteiger charge is -2.33. The van der Waals surface area contributed by atoms with Gasteiger partial charge in [0.15, 0.2) is 0 Å². The highest BCUT2D eigenvalue weighted by Crippen LogP contribution is 2.23. The molecule has 12 heavy (non-hydrogen) atoms. The van der Waals surface area contributed by atoms with Gasteiger partial charge in [-0.05, 0) is 44.8 Å². The minimum Gasteiger partial charge on any atom is -0.393 e. The molecule has 1 fully saturated rings. The van der Waals surface area contributed by atoms with Gasteiger partial charge in [-0.25, -0.2) is 0 Å². The summed E-state index contributed by atoms with van der Waals surface area (Å²) in [5.41, 5.74) is 0. The Bertz CT molecular complexity index is 128. The molecular formula is C10H21NO. The summed E-state index contributed by atoms with van der Waals surface area (Å²) in [6.45, 7) is 6.49. The first-order valence-corrected chi connectivity index (χ1v) is 4.98. The molecule has 2 heteroatoms. The topological polar surface area (TPSA) is 23.5 Å². The number of aliphatic hydroxyl groups excluding tert-OH is 1. The molecule has 72 valence electrons. The normalized spacial score (nSPS) is 24.8. The number of likely N-dealkylation sites (tertiary alicyclic amines) is 1. The SMILES string of the molecule is CC(C)C(O)C1CCN(C)CC1. The molecule has 1 aliphatic rings. The lowest BCUT2D eigenvalue weighted by Crippen LogP contribution is -2.37. The molecular weight excluding hydrogens is 150 g/mol. The zero-order valence-corrected chi connectivity index (χ0v) is 8.45. The van der Waals surface area contributed by atoms with E-state index in [1.165, 1.54) is 0 Å². The van der Waals surface area contributed by atoms with Crippen LogP contribution >= 0.6 is 0 Å².